The predicted octanol–water partition coefficient (Wildman–Crippen LogP) is -3.05. The lowest BCUT2D eigenvalue weighted by molar-refractivity contribution is 0.102. The van der Waals surface area contributed by atoms with Crippen molar-refractivity contribution in [3.05, 3.63) is 42.6 Å². The summed E-state index contributed by atoms with van der Waals surface area (Å²) < 4.78 is 6.99. The molecular weight excluding hydrogens is 418 g/mol. The molecule has 0 aliphatic rings. The van der Waals surface area contributed by atoms with Crippen molar-refractivity contribution in [2.75, 3.05) is 5.32 Å². The van der Waals surface area contributed by atoms with Gasteiger partial charge in [0.05, 0.1) is 23.9 Å². The van der Waals surface area contributed by atoms with Crippen LogP contribution in [0.3, 0.4) is 0 Å². The molecule has 0 saturated carbocycles. The van der Waals surface area contributed by atoms with Gasteiger partial charge >= 0.3 is 0 Å². The zero-order valence-electron chi connectivity index (χ0n) is 18.1. The Morgan fingerprint density at radius 1 is 0.941 bits per heavy atom. The lowest BCUT2D eigenvalue weighted by atomic mass is 9.52. The highest BCUT2D eigenvalue weighted by Gasteiger charge is 2.22. The number of hydrogen-bond acceptors (Lipinski definition) is 5. The van der Waals surface area contributed by atoms with Crippen LogP contribution >= 0.6 is 0 Å². The van der Waals surface area contributed by atoms with Gasteiger partial charge in [-0.15, -0.1) is 0 Å². The minimum absolute atomic E-state index is 0.161. The van der Waals surface area contributed by atoms with Crippen LogP contribution in [0.5, 0.6) is 5.75 Å². The van der Waals surface area contributed by atoms with Gasteiger partial charge in [-0.05, 0) is 22.8 Å². The van der Waals surface area contributed by atoms with Crippen LogP contribution in [-0.2, 0) is 7.05 Å². The molecule has 148 valence electrons. The molecule has 7 nitrogen and oxygen atoms in total. The van der Waals surface area contributed by atoms with Crippen LogP contribution in [0.25, 0.3) is 22.2 Å². The molecule has 34 heavy (non-hydrogen) atoms. The second kappa shape index (κ2) is 8.82. The van der Waals surface area contributed by atoms with Gasteiger partial charge in [0.25, 0.3) is 5.91 Å². The quantitative estimate of drug-likeness (QED) is 0.342. The van der Waals surface area contributed by atoms with Crippen LogP contribution < -0.4 is 31.9 Å². The average molecular weight is 428 g/mol. The number of hydrogen-bond donors (Lipinski definition) is 1. The Balaban J connectivity index is 1.68. The van der Waals surface area contributed by atoms with Crippen LogP contribution in [-0.4, -0.2) is 85.6 Å². The van der Waals surface area contributed by atoms with Crippen molar-refractivity contribution in [1.29, 1.82) is 0 Å². The number of amides is 1. The summed E-state index contributed by atoms with van der Waals surface area (Å²) in [6.07, 6.45) is 6.63. The van der Waals surface area contributed by atoms with Crippen molar-refractivity contribution >= 4 is 99.3 Å². The van der Waals surface area contributed by atoms with Crippen LogP contribution in [0.4, 0.5) is 5.82 Å². The minimum atomic E-state index is -2.09. The number of pyridine rings is 2. The summed E-state index contributed by atoms with van der Waals surface area (Å²) in [6.45, 7) is 0. The summed E-state index contributed by atoms with van der Waals surface area (Å²) in [5.74, 6) is -0.675. The normalized spacial score (nSPS) is 11.4. The van der Waals surface area contributed by atoms with Gasteiger partial charge in [-0.2, -0.15) is 0 Å². The molecule has 1 N–H and O–H groups in total. The average Bonchev–Trinajstić information content (AvgIpc) is 3.20. The van der Waals surface area contributed by atoms with Crippen LogP contribution in [0, 0.1) is 0 Å². The first-order chi connectivity index (χ1) is 16.0. The second-order valence-electron chi connectivity index (χ2n) is 7.64. The number of rotatable bonds is 5. The number of aryl methyl sites for hydroxylation is 1. The van der Waals surface area contributed by atoms with Gasteiger partial charge in [0.2, 0.25) is 0 Å². The number of carbonyl (C=O) groups is 1. The third-order valence-electron chi connectivity index (χ3n) is 5.04. The highest BCUT2D eigenvalue weighted by molar-refractivity contribution is 6.62. The molecule has 1 aromatic carbocycles. The number of imidazole rings is 1. The van der Waals surface area contributed by atoms with Crippen LogP contribution in [0.1, 0.15) is 10.4 Å². The maximum Gasteiger partial charge on any atom is 0.255 e. The minimum Gasteiger partial charge on any atom is -0.517 e. The highest BCUT2D eigenvalue weighted by Crippen LogP contribution is 2.23. The molecule has 3 aromatic heterocycles. The molecule has 14 heteroatoms. The highest BCUT2D eigenvalue weighted by atomic mass is 16.5. The van der Waals surface area contributed by atoms with Gasteiger partial charge in [-0.1, -0.05) is 21.9 Å². The molecule has 1 amide bonds. The van der Waals surface area contributed by atoms with Gasteiger partial charge in [-0.25, -0.2) is 9.97 Å². The molecule has 4 rings (SSSR count). The molecule has 4 aromatic rings. The lowest BCUT2D eigenvalue weighted by Crippen LogP contribution is -2.51. The van der Waals surface area contributed by atoms with Crippen molar-refractivity contribution < 1.29 is 9.53 Å². The molecular formula is C20H10B7N5O2. The van der Waals surface area contributed by atoms with Crippen molar-refractivity contribution in [2.45, 2.75) is 5.30 Å². The Bertz CT molecular complexity index is 1410. The zero-order chi connectivity index (χ0) is 24.8. The van der Waals surface area contributed by atoms with E-state index in [1.165, 1.54) is 0 Å². The molecule has 0 aliphatic carbocycles. The van der Waals surface area contributed by atoms with Crippen molar-refractivity contribution in [3.63, 3.8) is 0 Å². The molecule has 14 radical (unpaired) electrons. The SMILES string of the molecule is [B]c1c([B])c(C(=O)Nc2cc3cc(-c4cncn4C)ncc3cn2)c([B])c([B])c1OC([B])([B])[B]. The molecule has 0 saturated heterocycles. The fourth-order valence-electron chi connectivity index (χ4n) is 3.36. The fourth-order valence-corrected chi connectivity index (χ4v) is 3.36. The smallest absolute Gasteiger partial charge is 0.255 e. The van der Waals surface area contributed by atoms with E-state index >= 15 is 0 Å². The molecule has 0 unspecified atom stereocenters. The number of benzene rings is 1. The Labute approximate surface area is 205 Å². The molecule has 0 spiro atoms. The summed E-state index contributed by atoms with van der Waals surface area (Å²) >= 11 is 0. The molecule has 0 aliphatic heterocycles. The number of carbonyl (C=O) groups excluding carboxylic acids is 1. The standard InChI is InChI=1S/C20H10B7N5O2/c1-32-7-28-6-11(32)10-2-8-3-12(30-5-9(8)4-29-10)31-19(33)13-14(21)16(23)18(17(24)15(13)22)34-20(25,26)27/h2-7H,1H3,(H,30,31,33). The maximum absolute atomic E-state index is 13.0. The van der Waals surface area contributed by atoms with E-state index in [1.54, 1.807) is 31.0 Å². The van der Waals surface area contributed by atoms with Crippen LogP contribution in [0.15, 0.2) is 37.1 Å². The Morgan fingerprint density at radius 2 is 1.59 bits per heavy atom. The zero-order valence-corrected chi connectivity index (χ0v) is 18.1. The number of nitrogens with one attached hydrogen (secondary N) is 1. The Morgan fingerprint density at radius 3 is 2.18 bits per heavy atom. The topological polar surface area (TPSA) is 81.9 Å². The van der Waals surface area contributed by atoms with Crippen molar-refractivity contribution in [1.82, 2.24) is 19.5 Å². The van der Waals surface area contributed by atoms with E-state index in [-0.39, 0.29) is 39.0 Å². The number of fused-ring (bicyclic) bond motifs is 1. The summed E-state index contributed by atoms with van der Waals surface area (Å²) in [5.41, 5.74) is 0.609. The van der Waals surface area contributed by atoms with E-state index < -0.39 is 11.2 Å². The van der Waals surface area contributed by atoms with E-state index in [1.807, 2.05) is 17.7 Å². The Kier molecular flexibility index (Phi) is 6.19. The number of aromatic nitrogens is 4. The third kappa shape index (κ3) is 4.54. The number of ether oxygens (including phenoxy) is 1. The first kappa shape index (κ1) is 23.9. The third-order valence-corrected chi connectivity index (χ3v) is 5.04. The first-order valence-electron chi connectivity index (χ1n) is 9.81. The Hall–Kier alpha value is -3.29. The van der Waals surface area contributed by atoms with Gasteiger partial charge in [0.1, 0.15) is 66.5 Å². The fraction of sp³-hybridized carbons (Fsp3) is 0.100. The molecule has 0 atom stereocenters. The molecule has 3 heterocycles. The maximum atomic E-state index is 13.0. The van der Waals surface area contributed by atoms with E-state index in [2.05, 4.69) is 20.3 Å². The second-order valence-corrected chi connectivity index (χ2v) is 7.64. The monoisotopic (exact) mass is 429 g/mol. The van der Waals surface area contributed by atoms with E-state index in [0.717, 1.165) is 16.5 Å². The number of nitrogens with zero attached hydrogens (tertiary/aromatic N) is 4. The van der Waals surface area contributed by atoms with Gasteiger partial charge in [-0.3, -0.25) is 9.78 Å². The van der Waals surface area contributed by atoms with E-state index in [0.29, 0.717) is 5.69 Å². The summed E-state index contributed by atoms with van der Waals surface area (Å²) in [7, 11) is 42.2. The molecule has 0 bridgehead atoms. The van der Waals surface area contributed by atoms with Gasteiger partial charge in [0.15, 0.2) is 0 Å². The van der Waals surface area contributed by atoms with Crippen LogP contribution in [0.2, 0.25) is 0 Å². The van der Waals surface area contributed by atoms with Gasteiger partial charge < -0.3 is 14.6 Å². The number of anilines is 1. The van der Waals surface area contributed by atoms with Crippen molar-refractivity contribution in [2.24, 2.45) is 7.05 Å². The predicted molar refractivity (Wildman–Crippen MR) is 138 cm³/mol. The van der Waals surface area contributed by atoms with E-state index in [9.17, 15) is 4.79 Å². The van der Waals surface area contributed by atoms with Crippen molar-refractivity contribution in [3.8, 4) is 17.1 Å². The first-order valence-corrected chi connectivity index (χ1v) is 9.81. The largest absolute Gasteiger partial charge is 0.517 e. The summed E-state index contributed by atoms with van der Waals surface area (Å²) in [6, 6.07) is 3.53. The summed E-state index contributed by atoms with van der Waals surface area (Å²) in [4.78, 5) is 25.8. The van der Waals surface area contributed by atoms with E-state index in [4.69, 9.17) is 59.7 Å². The van der Waals surface area contributed by atoms with Gasteiger partial charge in [0, 0.05) is 30.4 Å². The lowest BCUT2D eigenvalue weighted by Gasteiger charge is -2.29. The summed E-state index contributed by atoms with van der Waals surface area (Å²) in [5, 5.41) is 2.10. The molecule has 0 fully saturated rings.